The van der Waals surface area contributed by atoms with E-state index in [9.17, 15) is 14.7 Å². The van der Waals surface area contributed by atoms with E-state index < -0.39 is 11.4 Å². The number of carbonyl (C=O) groups excluding carboxylic acids is 1. The highest BCUT2D eigenvalue weighted by Crippen LogP contribution is 2.40. The van der Waals surface area contributed by atoms with Gasteiger partial charge in [-0.05, 0) is 48.6 Å². The van der Waals surface area contributed by atoms with Crippen LogP contribution in [0.15, 0.2) is 42.5 Å². The quantitative estimate of drug-likeness (QED) is 0.638. The molecule has 2 aliphatic rings. The molecule has 6 nitrogen and oxygen atoms in total. The van der Waals surface area contributed by atoms with Gasteiger partial charge in [0.05, 0.1) is 28.6 Å². The lowest BCUT2D eigenvalue weighted by atomic mass is 9.80. The number of benzene rings is 2. The third-order valence-electron chi connectivity index (χ3n) is 6.18. The highest BCUT2D eigenvalue weighted by molar-refractivity contribution is 7.18. The van der Waals surface area contributed by atoms with Crippen molar-refractivity contribution < 1.29 is 14.7 Å². The van der Waals surface area contributed by atoms with Crippen LogP contribution in [0.3, 0.4) is 0 Å². The minimum atomic E-state index is -0.948. The second-order valence-electron chi connectivity index (χ2n) is 8.26. The average molecular weight is 422 g/mol. The summed E-state index contributed by atoms with van der Waals surface area (Å²) >= 11 is 1.57. The molecule has 0 radical (unpaired) electrons. The molecule has 0 bridgehead atoms. The van der Waals surface area contributed by atoms with Crippen LogP contribution in [0.1, 0.15) is 29.0 Å². The van der Waals surface area contributed by atoms with E-state index in [1.807, 2.05) is 24.3 Å². The molecule has 1 saturated heterocycles. The molecule has 2 heterocycles. The number of fused-ring (bicyclic) bond motifs is 2. The monoisotopic (exact) mass is 421 g/mol. The van der Waals surface area contributed by atoms with Crippen LogP contribution in [0.4, 0.5) is 5.69 Å². The number of nitrogens with zero attached hydrogens (tertiary/aromatic N) is 2. The smallest absolute Gasteiger partial charge is 0.304 e. The fourth-order valence-electron chi connectivity index (χ4n) is 4.50. The number of nitrogens with one attached hydrogen (secondary N) is 1. The molecule has 154 valence electrons. The number of carboxylic acid groups (broad SMARTS) is 1. The lowest BCUT2D eigenvalue weighted by Crippen LogP contribution is -2.43. The van der Waals surface area contributed by atoms with Crippen LogP contribution in [-0.4, -0.2) is 35.1 Å². The summed E-state index contributed by atoms with van der Waals surface area (Å²) in [6.45, 7) is 2.49. The van der Waals surface area contributed by atoms with E-state index in [-0.39, 0.29) is 12.3 Å². The van der Waals surface area contributed by atoms with E-state index in [1.165, 1.54) is 12.1 Å². The van der Waals surface area contributed by atoms with E-state index in [0.29, 0.717) is 19.4 Å². The SMILES string of the molecule is O=C(O)CC1(C(=O)NCc2nc3cc(N4CCC4)ccc3s2)Cc2ccccc2C1. The summed E-state index contributed by atoms with van der Waals surface area (Å²) in [5.74, 6) is -1.15. The van der Waals surface area contributed by atoms with Crippen LogP contribution in [0, 0.1) is 5.41 Å². The number of carbonyl (C=O) groups is 2. The molecular weight excluding hydrogens is 398 g/mol. The summed E-state index contributed by atoms with van der Waals surface area (Å²) in [7, 11) is 0. The van der Waals surface area contributed by atoms with E-state index in [2.05, 4.69) is 28.4 Å². The first-order valence-electron chi connectivity index (χ1n) is 10.2. The predicted octanol–water partition coefficient (Wildman–Crippen LogP) is 3.38. The topological polar surface area (TPSA) is 82.5 Å². The zero-order valence-corrected chi connectivity index (χ0v) is 17.4. The summed E-state index contributed by atoms with van der Waals surface area (Å²) in [6, 6.07) is 14.2. The van der Waals surface area contributed by atoms with Crippen LogP contribution >= 0.6 is 11.3 Å². The summed E-state index contributed by atoms with van der Waals surface area (Å²) in [6.07, 6.45) is 1.97. The number of thiazole rings is 1. The molecule has 1 aliphatic carbocycles. The number of anilines is 1. The Labute approximate surface area is 178 Å². The van der Waals surface area contributed by atoms with Gasteiger partial charge in [-0.2, -0.15) is 0 Å². The zero-order valence-electron chi connectivity index (χ0n) is 16.6. The molecule has 5 rings (SSSR count). The van der Waals surface area contributed by atoms with Gasteiger partial charge in [-0.1, -0.05) is 24.3 Å². The molecule has 0 atom stereocenters. The van der Waals surface area contributed by atoms with Crippen LogP contribution in [-0.2, 0) is 29.0 Å². The average Bonchev–Trinajstić information content (AvgIpc) is 3.24. The minimum Gasteiger partial charge on any atom is -0.481 e. The molecule has 0 unspecified atom stereocenters. The van der Waals surface area contributed by atoms with Crippen molar-refractivity contribution in [2.45, 2.75) is 32.2 Å². The third-order valence-corrected chi connectivity index (χ3v) is 7.22. The summed E-state index contributed by atoms with van der Waals surface area (Å²) in [4.78, 5) is 31.7. The molecule has 1 aromatic heterocycles. The number of amides is 1. The Hall–Kier alpha value is -2.93. The normalized spacial score (nSPS) is 16.9. The van der Waals surface area contributed by atoms with Gasteiger partial charge in [-0.15, -0.1) is 11.3 Å². The van der Waals surface area contributed by atoms with Crippen molar-refractivity contribution in [2.75, 3.05) is 18.0 Å². The predicted molar refractivity (Wildman–Crippen MR) is 117 cm³/mol. The van der Waals surface area contributed by atoms with Crippen molar-refractivity contribution >= 4 is 39.1 Å². The molecule has 2 aromatic carbocycles. The van der Waals surface area contributed by atoms with Gasteiger partial charge in [0.15, 0.2) is 0 Å². The van der Waals surface area contributed by atoms with Gasteiger partial charge in [0.2, 0.25) is 5.91 Å². The standard InChI is InChI=1S/C23H23N3O3S/c27-21(28)13-23(11-15-4-1-2-5-16(15)12-23)22(29)24-14-20-25-18-10-17(26-8-3-9-26)6-7-19(18)30-20/h1-2,4-7,10H,3,8-9,11-14H2,(H,24,29)(H,27,28). The van der Waals surface area contributed by atoms with E-state index >= 15 is 0 Å². The maximum absolute atomic E-state index is 13.1. The number of carboxylic acids is 1. The minimum absolute atomic E-state index is 0.174. The molecule has 1 amide bonds. The second-order valence-corrected chi connectivity index (χ2v) is 9.37. The Bertz CT molecular complexity index is 1110. The van der Waals surface area contributed by atoms with Crippen molar-refractivity contribution in [3.8, 4) is 0 Å². The molecule has 30 heavy (non-hydrogen) atoms. The van der Waals surface area contributed by atoms with Crippen LogP contribution < -0.4 is 10.2 Å². The maximum atomic E-state index is 13.1. The summed E-state index contributed by atoms with van der Waals surface area (Å²) < 4.78 is 1.09. The Morgan fingerprint density at radius 3 is 2.50 bits per heavy atom. The van der Waals surface area contributed by atoms with Gasteiger partial charge in [0.1, 0.15) is 5.01 Å². The molecule has 7 heteroatoms. The Kier molecular flexibility index (Phi) is 4.70. The van der Waals surface area contributed by atoms with Gasteiger partial charge in [0, 0.05) is 18.8 Å². The highest BCUT2D eigenvalue weighted by atomic mass is 32.1. The lowest BCUT2D eigenvalue weighted by molar-refractivity contribution is -0.145. The van der Waals surface area contributed by atoms with Gasteiger partial charge in [-0.3, -0.25) is 9.59 Å². The van der Waals surface area contributed by atoms with Gasteiger partial charge in [-0.25, -0.2) is 4.98 Å². The zero-order chi connectivity index (χ0) is 20.7. The number of hydrogen-bond donors (Lipinski definition) is 2. The molecular formula is C23H23N3O3S. The van der Waals surface area contributed by atoms with Crippen molar-refractivity contribution in [3.63, 3.8) is 0 Å². The van der Waals surface area contributed by atoms with Gasteiger partial charge >= 0.3 is 5.97 Å². The van der Waals surface area contributed by atoms with Gasteiger partial charge < -0.3 is 15.3 Å². The van der Waals surface area contributed by atoms with E-state index in [0.717, 1.165) is 39.4 Å². The maximum Gasteiger partial charge on any atom is 0.304 e. The second kappa shape index (κ2) is 7.40. The van der Waals surface area contributed by atoms with E-state index in [4.69, 9.17) is 4.98 Å². The third kappa shape index (κ3) is 3.43. The van der Waals surface area contributed by atoms with Gasteiger partial charge in [0.25, 0.3) is 0 Å². The largest absolute Gasteiger partial charge is 0.481 e. The van der Waals surface area contributed by atoms with Crippen molar-refractivity contribution in [1.29, 1.82) is 0 Å². The molecule has 2 N–H and O–H groups in total. The van der Waals surface area contributed by atoms with Crippen molar-refractivity contribution in [3.05, 3.63) is 58.6 Å². The first-order chi connectivity index (χ1) is 14.5. The lowest BCUT2D eigenvalue weighted by Gasteiger charge is -2.33. The fraction of sp³-hybridized carbons (Fsp3) is 0.348. The number of hydrogen-bond acceptors (Lipinski definition) is 5. The molecule has 1 aliphatic heterocycles. The summed E-state index contributed by atoms with van der Waals surface area (Å²) in [5, 5.41) is 13.3. The molecule has 0 saturated carbocycles. The first-order valence-corrected chi connectivity index (χ1v) is 11.1. The molecule has 1 fully saturated rings. The Balaban J connectivity index is 1.32. The Morgan fingerprint density at radius 2 is 1.87 bits per heavy atom. The first kappa shape index (κ1) is 19.1. The van der Waals surface area contributed by atoms with E-state index in [1.54, 1.807) is 11.3 Å². The summed E-state index contributed by atoms with van der Waals surface area (Å²) in [5.41, 5.74) is 3.33. The van der Waals surface area contributed by atoms with Crippen LogP contribution in [0.2, 0.25) is 0 Å². The number of aliphatic carboxylic acids is 1. The fourth-order valence-corrected chi connectivity index (χ4v) is 5.39. The van der Waals surface area contributed by atoms with Crippen LogP contribution in [0.5, 0.6) is 0 Å². The van der Waals surface area contributed by atoms with Crippen LogP contribution in [0.25, 0.3) is 10.2 Å². The van der Waals surface area contributed by atoms with Crippen molar-refractivity contribution in [2.24, 2.45) is 5.41 Å². The highest BCUT2D eigenvalue weighted by Gasteiger charge is 2.45. The Morgan fingerprint density at radius 1 is 1.13 bits per heavy atom. The number of aromatic nitrogens is 1. The van der Waals surface area contributed by atoms with Crippen molar-refractivity contribution in [1.82, 2.24) is 10.3 Å². The molecule has 0 spiro atoms. The molecule has 3 aromatic rings. The number of rotatable bonds is 6.